The van der Waals surface area contributed by atoms with Crippen molar-refractivity contribution in [1.29, 1.82) is 0 Å². The Balaban J connectivity index is 1.77. The van der Waals surface area contributed by atoms with Gasteiger partial charge in [-0.15, -0.1) is 0 Å². The molecule has 2 aromatic rings. The highest BCUT2D eigenvalue weighted by atomic mass is 28.4. The van der Waals surface area contributed by atoms with Crippen LogP contribution < -0.4 is 10.1 Å². The Hall–Kier alpha value is -2.59. The third-order valence-electron chi connectivity index (χ3n) is 4.10. The van der Waals surface area contributed by atoms with Crippen molar-refractivity contribution in [2.24, 2.45) is 4.99 Å². The molecule has 168 valence electrons. The van der Waals surface area contributed by atoms with Crippen LogP contribution in [0.15, 0.2) is 53.7 Å². The Labute approximate surface area is 185 Å². The molecule has 0 fully saturated rings. The largest absolute Gasteiger partial charge is 0.500 e. The first-order valence-corrected chi connectivity index (χ1v) is 12.5. The number of hydrogen-bond acceptors (Lipinski definition) is 7. The summed E-state index contributed by atoms with van der Waals surface area (Å²) in [7, 11) is -2.69. The fraction of sp³-hybridized carbons (Fsp3) is 0.409. The van der Waals surface area contributed by atoms with Crippen molar-refractivity contribution in [1.82, 2.24) is 10.3 Å². The van der Waals surface area contributed by atoms with Crippen LogP contribution in [0.2, 0.25) is 6.04 Å². The number of aliphatic imine (C=N–C) groups is 1. The van der Waals surface area contributed by atoms with Crippen LogP contribution in [0.25, 0.3) is 0 Å². The lowest BCUT2D eigenvalue weighted by Gasteiger charge is -2.28. The zero-order valence-corrected chi connectivity index (χ0v) is 19.4. The van der Waals surface area contributed by atoms with Gasteiger partial charge < -0.3 is 23.3 Å². The second-order valence-electron chi connectivity index (χ2n) is 6.41. The van der Waals surface area contributed by atoms with Gasteiger partial charge in [-0.05, 0) is 63.6 Å². The molecule has 0 saturated heterocycles. The lowest BCUT2D eigenvalue weighted by Crippen LogP contribution is -2.46. The summed E-state index contributed by atoms with van der Waals surface area (Å²) in [5.41, 5.74) is 1.51. The second kappa shape index (κ2) is 13.7. The molecule has 0 unspecified atom stereocenters. The van der Waals surface area contributed by atoms with Crippen LogP contribution in [-0.2, 0) is 13.3 Å². The van der Waals surface area contributed by atoms with Crippen LogP contribution in [0.1, 0.15) is 32.9 Å². The van der Waals surface area contributed by atoms with Gasteiger partial charge in [-0.2, -0.15) is 0 Å². The molecule has 1 aromatic heterocycles. The van der Waals surface area contributed by atoms with Gasteiger partial charge in [-0.25, -0.2) is 4.79 Å². The Morgan fingerprint density at radius 3 is 2.29 bits per heavy atom. The minimum atomic E-state index is -2.69. The molecule has 0 aliphatic rings. The average Bonchev–Trinajstić information content (AvgIpc) is 2.78. The maximum Gasteiger partial charge on any atom is 0.500 e. The Morgan fingerprint density at radius 1 is 1.03 bits per heavy atom. The van der Waals surface area contributed by atoms with Gasteiger partial charge in [0.15, 0.2) is 0 Å². The van der Waals surface area contributed by atoms with Crippen molar-refractivity contribution in [3.63, 3.8) is 0 Å². The Kier molecular flexibility index (Phi) is 10.9. The Morgan fingerprint density at radius 2 is 1.71 bits per heavy atom. The molecule has 1 N–H and O–H groups in total. The Bertz CT molecular complexity index is 786. The number of pyridine rings is 1. The monoisotopic (exact) mass is 445 g/mol. The lowest BCUT2D eigenvalue weighted by molar-refractivity contribution is 0.0708. The van der Waals surface area contributed by atoms with Crippen LogP contribution in [0.3, 0.4) is 0 Å². The van der Waals surface area contributed by atoms with Gasteiger partial charge in [-0.1, -0.05) is 6.07 Å². The molecule has 0 spiro atoms. The van der Waals surface area contributed by atoms with Gasteiger partial charge in [0.1, 0.15) is 5.75 Å². The summed E-state index contributed by atoms with van der Waals surface area (Å²) in [6, 6.07) is 13.2. The van der Waals surface area contributed by atoms with E-state index in [-0.39, 0.29) is 0 Å². The summed E-state index contributed by atoms with van der Waals surface area (Å²) in [5, 5.41) is 2.75. The first-order chi connectivity index (χ1) is 15.1. The van der Waals surface area contributed by atoms with E-state index in [1.165, 1.54) is 0 Å². The summed E-state index contributed by atoms with van der Waals surface area (Å²) >= 11 is 0. The van der Waals surface area contributed by atoms with Crippen LogP contribution in [0, 0.1) is 0 Å². The van der Waals surface area contributed by atoms with Gasteiger partial charge >= 0.3 is 14.9 Å². The molecule has 0 bridgehead atoms. The second-order valence-corrected chi connectivity index (χ2v) is 9.14. The molecule has 9 heteroatoms. The van der Waals surface area contributed by atoms with E-state index >= 15 is 0 Å². The number of nitrogens with zero attached hydrogens (tertiary/aromatic N) is 2. The minimum Gasteiger partial charge on any atom is -0.410 e. The van der Waals surface area contributed by atoms with E-state index in [1.807, 2.05) is 39.0 Å². The standard InChI is InChI=1S/C22H31N3O5Si/c1-4-27-31(28-5-2,29-6-3)17-9-16-24-22(26)30-21-13-11-19(12-14-21)25-18-20-10-7-8-15-23-20/h7-8,10-15,18H,4-6,9,16-17H2,1-3H3,(H,24,26). The van der Waals surface area contributed by atoms with E-state index < -0.39 is 14.9 Å². The van der Waals surface area contributed by atoms with Gasteiger partial charge in [-0.3, -0.25) is 9.98 Å². The molecule has 0 saturated carbocycles. The SMILES string of the molecule is CCO[Si](CCCNC(=O)Oc1ccc(N=Cc2ccccn2)cc1)(OCC)OCC. The first kappa shape index (κ1) is 24.7. The van der Waals surface area contributed by atoms with E-state index in [1.54, 1.807) is 36.7 Å². The highest BCUT2D eigenvalue weighted by Crippen LogP contribution is 2.19. The summed E-state index contributed by atoms with van der Waals surface area (Å²) in [6.07, 6.45) is 3.55. The molecule has 0 aliphatic carbocycles. The van der Waals surface area contributed by atoms with Crippen LogP contribution in [-0.4, -0.2) is 52.5 Å². The summed E-state index contributed by atoms with van der Waals surface area (Å²) in [6.45, 7) is 7.80. The molecule has 31 heavy (non-hydrogen) atoms. The zero-order valence-electron chi connectivity index (χ0n) is 18.4. The number of aromatic nitrogens is 1. The maximum absolute atomic E-state index is 12.1. The van der Waals surface area contributed by atoms with Crippen molar-refractivity contribution >= 4 is 26.8 Å². The third-order valence-corrected chi connectivity index (χ3v) is 7.25. The van der Waals surface area contributed by atoms with Crippen molar-refractivity contribution in [2.75, 3.05) is 26.4 Å². The number of rotatable bonds is 13. The zero-order chi connectivity index (χ0) is 22.4. The topological polar surface area (TPSA) is 91.3 Å². The molecule has 1 heterocycles. The van der Waals surface area contributed by atoms with Crippen LogP contribution >= 0.6 is 0 Å². The fourth-order valence-corrected chi connectivity index (χ4v) is 5.45. The molecule has 1 aromatic carbocycles. The fourth-order valence-electron chi connectivity index (χ4n) is 2.83. The number of hydrogen-bond donors (Lipinski definition) is 1. The number of benzene rings is 1. The average molecular weight is 446 g/mol. The number of ether oxygens (including phenoxy) is 1. The summed E-state index contributed by atoms with van der Waals surface area (Å²) < 4.78 is 22.7. The number of nitrogens with one attached hydrogen (secondary N) is 1. The maximum atomic E-state index is 12.1. The van der Waals surface area contributed by atoms with E-state index in [2.05, 4.69) is 15.3 Å². The highest BCUT2D eigenvalue weighted by Gasteiger charge is 2.39. The molecule has 0 radical (unpaired) electrons. The van der Waals surface area contributed by atoms with Crippen LogP contribution in [0.4, 0.5) is 10.5 Å². The predicted octanol–water partition coefficient (Wildman–Crippen LogP) is 4.36. The van der Waals surface area contributed by atoms with E-state index in [9.17, 15) is 4.79 Å². The molecular weight excluding hydrogens is 414 g/mol. The number of carbonyl (C=O) groups excluding carboxylic acids is 1. The van der Waals surface area contributed by atoms with Gasteiger partial charge in [0.2, 0.25) is 0 Å². The molecular formula is C22H31N3O5Si. The smallest absolute Gasteiger partial charge is 0.410 e. The summed E-state index contributed by atoms with van der Waals surface area (Å²) in [4.78, 5) is 20.6. The van der Waals surface area contributed by atoms with Gasteiger partial charge in [0, 0.05) is 38.6 Å². The van der Waals surface area contributed by atoms with E-state index in [0.29, 0.717) is 44.6 Å². The summed E-state index contributed by atoms with van der Waals surface area (Å²) in [5.74, 6) is 0.441. The van der Waals surface area contributed by atoms with Crippen molar-refractivity contribution < 1.29 is 22.8 Å². The van der Waals surface area contributed by atoms with Crippen molar-refractivity contribution in [3.8, 4) is 5.75 Å². The normalized spacial score (nSPS) is 11.6. The van der Waals surface area contributed by atoms with E-state index in [4.69, 9.17) is 18.0 Å². The number of amides is 1. The third kappa shape index (κ3) is 8.97. The van der Waals surface area contributed by atoms with Gasteiger partial charge in [0.05, 0.1) is 17.6 Å². The molecule has 2 rings (SSSR count). The molecule has 1 amide bonds. The quantitative estimate of drug-likeness (QED) is 0.280. The van der Waals surface area contributed by atoms with E-state index in [0.717, 1.165) is 11.4 Å². The van der Waals surface area contributed by atoms with Gasteiger partial charge in [0.25, 0.3) is 0 Å². The molecule has 8 nitrogen and oxygen atoms in total. The lowest BCUT2D eigenvalue weighted by atomic mass is 10.3. The molecule has 0 aliphatic heterocycles. The predicted molar refractivity (Wildman–Crippen MR) is 122 cm³/mol. The van der Waals surface area contributed by atoms with Crippen molar-refractivity contribution in [2.45, 2.75) is 33.2 Å². The molecule has 0 atom stereocenters. The minimum absolute atomic E-state index is 0.438. The van der Waals surface area contributed by atoms with Crippen molar-refractivity contribution in [3.05, 3.63) is 54.4 Å². The van der Waals surface area contributed by atoms with Crippen LogP contribution in [0.5, 0.6) is 5.75 Å². The first-order valence-electron chi connectivity index (χ1n) is 10.5. The highest BCUT2D eigenvalue weighted by molar-refractivity contribution is 6.60. The number of carbonyl (C=O) groups is 1.